The summed E-state index contributed by atoms with van der Waals surface area (Å²) in [5, 5.41) is 7.89. The van der Waals surface area contributed by atoms with Gasteiger partial charge in [-0.1, -0.05) is 0 Å². The third-order valence-electron chi connectivity index (χ3n) is 4.04. The smallest absolute Gasteiger partial charge is 0.346 e. The Labute approximate surface area is 149 Å². The van der Waals surface area contributed by atoms with E-state index in [1.54, 1.807) is 0 Å². The first-order valence-corrected chi connectivity index (χ1v) is 9.12. The highest BCUT2D eigenvalue weighted by molar-refractivity contribution is 7.80. The number of H-pyrrole nitrogens is 1. The van der Waals surface area contributed by atoms with Crippen LogP contribution in [0, 0.1) is 6.92 Å². The molecular weight excluding hydrogens is 366 g/mol. The van der Waals surface area contributed by atoms with Gasteiger partial charge in [-0.15, -0.1) is 10.2 Å². The molecule has 0 unspecified atom stereocenters. The number of amides is 2. The normalized spacial score (nSPS) is 22.2. The molecule has 4 heterocycles. The number of carbonyl (C=O) groups is 1. The molecule has 140 valence electrons. The predicted octanol–water partition coefficient (Wildman–Crippen LogP) is 0.212. The van der Waals surface area contributed by atoms with Crippen LogP contribution < -0.4 is 4.98 Å². The maximum Gasteiger partial charge on any atom is 0.346 e. The number of rotatable bonds is 3. The first-order valence-electron chi connectivity index (χ1n) is 7.79. The summed E-state index contributed by atoms with van der Waals surface area (Å²) in [5.74, 6) is 0.277. The Morgan fingerprint density at radius 1 is 1.35 bits per heavy atom. The molecular formula is C14H17N5O6S. The number of piperidine rings is 1. The first kappa shape index (κ1) is 18.2. The van der Waals surface area contributed by atoms with Crippen molar-refractivity contribution < 1.29 is 31.5 Å². The highest BCUT2D eigenvalue weighted by atomic mass is 32.3. The van der Waals surface area contributed by atoms with Crippen LogP contribution in [0.1, 0.15) is 30.3 Å². The number of aryl methyl sites for hydroxylation is 1. The quantitative estimate of drug-likeness (QED) is 0.540. The monoisotopic (exact) mass is 383 g/mol. The molecule has 12 heteroatoms. The van der Waals surface area contributed by atoms with Crippen molar-refractivity contribution >= 4 is 16.4 Å². The van der Waals surface area contributed by atoms with Gasteiger partial charge in [0.2, 0.25) is 22.7 Å². The molecule has 2 fully saturated rings. The highest BCUT2D eigenvalue weighted by Crippen LogP contribution is 2.37. The van der Waals surface area contributed by atoms with Gasteiger partial charge in [0.15, 0.2) is 12.4 Å². The highest BCUT2D eigenvalue weighted by Gasteiger charge is 2.48. The van der Waals surface area contributed by atoms with E-state index < -0.39 is 28.5 Å². The Kier molecular flexibility index (Phi) is 5.15. The molecule has 0 saturated carbocycles. The molecule has 1 N–H and O–H groups in total. The minimum atomic E-state index is -4.97. The maximum absolute atomic E-state index is 12.0. The van der Waals surface area contributed by atoms with Crippen molar-refractivity contribution in [2.75, 3.05) is 6.54 Å². The number of urea groups is 1. The number of nitrogens with zero attached hydrogens (tertiary/aromatic N) is 4. The van der Waals surface area contributed by atoms with Gasteiger partial charge in [0.05, 0.1) is 6.04 Å². The number of hydrogen-bond acceptors (Lipinski definition) is 8. The van der Waals surface area contributed by atoms with Gasteiger partial charge in [0.25, 0.3) is 0 Å². The SMILES string of the molecule is Cc1cc[nH+]cc1.O=C1N2C[C@@H](CC[C@H]2c2nnco2)N1OS(=O)(=O)[O-]. The lowest BCUT2D eigenvalue weighted by molar-refractivity contribution is -0.378. The van der Waals surface area contributed by atoms with Crippen LogP contribution >= 0.6 is 0 Å². The fraction of sp³-hybridized carbons (Fsp3) is 0.429. The van der Waals surface area contributed by atoms with Crippen molar-refractivity contribution in [3.8, 4) is 0 Å². The second kappa shape index (κ2) is 7.35. The molecule has 2 aliphatic heterocycles. The third-order valence-corrected chi connectivity index (χ3v) is 4.38. The van der Waals surface area contributed by atoms with Gasteiger partial charge in [0.1, 0.15) is 6.04 Å². The second-order valence-corrected chi connectivity index (χ2v) is 6.81. The molecule has 0 spiro atoms. The van der Waals surface area contributed by atoms with Crippen LogP contribution in [0.4, 0.5) is 4.79 Å². The van der Waals surface area contributed by atoms with E-state index in [0.29, 0.717) is 17.9 Å². The lowest BCUT2D eigenvalue weighted by Crippen LogP contribution is -2.35. The van der Waals surface area contributed by atoms with E-state index in [2.05, 4.69) is 26.4 Å². The second-order valence-electron chi connectivity index (χ2n) is 5.84. The molecule has 2 atom stereocenters. The van der Waals surface area contributed by atoms with E-state index >= 15 is 0 Å². The number of carbonyl (C=O) groups excluding carboxylic acids is 1. The molecule has 2 aromatic heterocycles. The molecule has 4 rings (SSSR count). The molecule has 0 aromatic carbocycles. The number of hydrogen-bond donors (Lipinski definition) is 0. The van der Waals surface area contributed by atoms with Gasteiger partial charge in [0, 0.05) is 18.7 Å². The minimum absolute atomic E-state index is 0.251. The van der Waals surface area contributed by atoms with Gasteiger partial charge < -0.3 is 13.9 Å². The Balaban J connectivity index is 0.000000236. The van der Waals surface area contributed by atoms with Crippen LogP contribution in [0.2, 0.25) is 0 Å². The third kappa shape index (κ3) is 4.15. The van der Waals surface area contributed by atoms with Crippen molar-refractivity contribution in [2.45, 2.75) is 31.8 Å². The number of nitrogens with one attached hydrogen (secondary N) is 1. The average molecular weight is 383 g/mol. The van der Waals surface area contributed by atoms with E-state index in [4.69, 9.17) is 4.42 Å². The Hall–Kier alpha value is -2.57. The molecule has 0 aliphatic carbocycles. The Morgan fingerprint density at radius 3 is 2.62 bits per heavy atom. The van der Waals surface area contributed by atoms with Crippen molar-refractivity contribution in [1.82, 2.24) is 20.2 Å². The van der Waals surface area contributed by atoms with Crippen molar-refractivity contribution in [3.63, 3.8) is 0 Å². The molecule has 0 radical (unpaired) electrons. The topological polar surface area (TPSA) is 143 Å². The Bertz CT molecular complexity index is 844. The van der Waals surface area contributed by atoms with E-state index in [-0.39, 0.29) is 12.4 Å². The molecule has 2 saturated heterocycles. The largest absolute Gasteiger partial charge is 0.724 e. The zero-order valence-electron chi connectivity index (χ0n) is 13.8. The summed E-state index contributed by atoms with van der Waals surface area (Å²) in [4.78, 5) is 16.3. The van der Waals surface area contributed by atoms with Crippen molar-refractivity contribution in [1.29, 1.82) is 0 Å². The van der Waals surface area contributed by atoms with Gasteiger partial charge in [-0.3, -0.25) is 0 Å². The molecule has 2 aromatic rings. The lowest BCUT2D eigenvalue weighted by Gasteiger charge is -2.27. The Morgan fingerprint density at radius 2 is 2.08 bits per heavy atom. The molecule has 26 heavy (non-hydrogen) atoms. The van der Waals surface area contributed by atoms with Gasteiger partial charge in [-0.2, -0.15) is 9.35 Å². The van der Waals surface area contributed by atoms with Crippen molar-refractivity contribution in [3.05, 3.63) is 42.4 Å². The molecule has 11 nitrogen and oxygen atoms in total. The number of fused-ring (bicyclic) bond motifs is 2. The summed E-state index contributed by atoms with van der Waals surface area (Å²) in [6.45, 7) is 2.31. The van der Waals surface area contributed by atoms with Gasteiger partial charge >= 0.3 is 6.03 Å². The molecule has 2 aliphatic rings. The van der Waals surface area contributed by atoms with E-state index in [0.717, 1.165) is 6.39 Å². The van der Waals surface area contributed by atoms with E-state index in [1.807, 2.05) is 24.5 Å². The van der Waals surface area contributed by atoms with Crippen LogP contribution in [0.25, 0.3) is 0 Å². The van der Waals surface area contributed by atoms with Crippen molar-refractivity contribution in [2.24, 2.45) is 0 Å². The van der Waals surface area contributed by atoms with Gasteiger partial charge in [-0.25, -0.2) is 18.2 Å². The summed E-state index contributed by atoms with van der Waals surface area (Å²) >= 11 is 0. The zero-order valence-corrected chi connectivity index (χ0v) is 14.6. The zero-order chi connectivity index (χ0) is 18.7. The van der Waals surface area contributed by atoms with E-state index in [1.165, 1.54) is 10.5 Å². The fourth-order valence-electron chi connectivity index (χ4n) is 2.88. The lowest BCUT2D eigenvalue weighted by atomic mass is 10.0. The maximum atomic E-state index is 12.0. The standard InChI is InChI=1S/C8H10N4O6S.C6H7N/c13-8-11-3-5(12(8)18-19(14,15)16)1-2-6(11)7-10-9-4-17-7;1-6-2-4-7-5-3-6/h4-6H,1-3H2,(H,14,15,16);2-5H,1H3/t5-,6+;/m1./s1. The fourth-order valence-corrected chi connectivity index (χ4v) is 3.26. The van der Waals surface area contributed by atoms with Crippen LogP contribution in [-0.2, 0) is 14.7 Å². The number of hydroxylamine groups is 2. The summed E-state index contributed by atoms with van der Waals surface area (Å²) in [6, 6.07) is 2.48. The van der Waals surface area contributed by atoms with Crippen LogP contribution in [0.15, 0.2) is 35.3 Å². The minimum Gasteiger partial charge on any atom is -0.724 e. The molecule has 2 bridgehead atoms. The molecule has 2 amide bonds. The summed E-state index contributed by atoms with van der Waals surface area (Å²) in [5.41, 5.74) is 1.29. The average Bonchev–Trinajstić information content (AvgIpc) is 3.20. The van der Waals surface area contributed by atoms with Crippen LogP contribution in [0.5, 0.6) is 0 Å². The summed E-state index contributed by atoms with van der Waals surface area (Å²) < 4.78 is 41.0. The number of pyridine rings is 1. The van der Waals surface area contributed by atoms with Gasteiger partial charge in [-0.05, 0) is 25.3 Å². The predicted molar refractivity (Wildman–Crippen MR) is 82.5 cm³/mol. The summed E-state index contributed by atoms with van der Waals surface area (Å²) in [7, 11) is -4.97. The summed E-state index contributed by atoms with van der Waals surface area (Å²) in [6.07, 6.45) is 5.98. The van der Waals surface area contributed by atoms with Crippen LogP contribution in [0.3, 0.4) is 0 Å². The van der Waals surface area contributed by atoms with Crippen LogP contribution in [-0.4, -0.2) is 51.7 Å². The first-order chi connectivity index (χ1) is 12.3. The van der Waals surface area contributed by atoms with E-state index in [9.17, 15) is 17.8 Å². The number of aromatic amines is 1. The number of aromatic nitrogens is 3.